The van der Waals surface area contributed by atoms with Crippen LogP contribution in [-0.4, -0.2) is 64.5 Å². The zero-order chi connectivity index (χ0) is 24.9. The molecule has 5 rings (SSSR count). The van der Waals surface area contributed by atoms with Crippen LogP contribution in [0.4, 0.5) is 9.18 Å². The molecule has 11 heteroatoms. The van der Waals surface area contributed by atoms with Gasteiger partial charge in [-0.3, -0.25) is 4.57 Å². The minimum atomic E-state index is -3.52. The van der Waals surface area contributed by atoms with Gasteiger partial charge in [-0.15, -0.1) is 0 Å². The maximum Gasteiger partial charge on any atom is 0.410 e. The minimum absolute atomic E-state index is 0.0642. The van der Waals surface area contributed by atoms with Crippen LogP contribution in [0.15, 0.2) is 41.7 Å². The fraction of sp³-hybridized carbons (Fsp3) is 0.458. The molecule has 4 heterocycles. The Balaban J connectivity index is 1.38. The number of piperidine rings is 1. The first-order chi connectivity index (χ1) is 16.6. The number of hydrogen-bond acceptors (Lipinski definition) is 7. The number of sulfone groups is 1. The van der Waals surface area contributed by atoms with E-state index in [9.17, 15) is 17.6 Å². The molecule has 35 heavy (non-hydrogen) atoms. The summed E-state index contributed by atoms with van der Waals surface area (Å²) in [6.45, 7) is 3.68. The normalized spacial score (nSPS) is 22.1. The van der Waals surface area contributed by atoms with Crippen LogP contribution in [0.2, 0.25) is 0 Å². The van der Waals surface area contributed by atoms with Gasteiger partial charge in [-0.2, -0.15) is 0 Å². The van der Waals surface area contributed by atoms with Gasteiger partial charge in [-0.05, 0) is 51.0 Å². The van der Waals surface area contributed by atoms with Crippen LogP contribution in [0, 0.1) is 5.82 Å². The third-order valence-electron chi connectivity index (χ3n) is 6.57. The van der Waals surface area contributed by atoms with Crippen molar-refractivity contribution in [1.29, 1.82) is 0 Å². The van der Waals surface area contributed by atoms with Crippen molar-refractivity contribution in [3.8, 4) is 11.6 Å². The average molecular weight is 503 g/mol. The molecule has 1 aromatic carbocycles. The molecular weight excluding hydrogens is 475 g/mol. The van der Waals surface area contributed by atoms with Crippen LogP contribution < -0.4 is 4.74 Å². The Hall–Kier alpha value is -3.21. The number of amides is 1. The maximum absolute atomic E-state index is 14.8. The minimum Gasteiger partial charge on any atom is -0.474 e. The lowest BCUT2D eigenvalue weighted by Gasteiger charge is -2.38. The molecule has 2 aliphatic heterocycles. The Kier molecular flexibility index (Phi) is 5.90. The Labute approximate surface area is 202 Å². The van der Waals surface area contributed by atoms with Gasteiger partial charge in [-0.1, -0.05) is 0 Å². The number of hydrogen-bond donors (Lipinski definition) is 0. The van der Waals surface area contributed by atoms with E-state index in [0.717, 1.165) is 25.2 Å². The monoisotopic (exact) mass is 502 g/mol. The first kappa shape index (κ1) is 23.5. The number of rotatable bonds is 5. The lowest BCUT2D eigenvalue weighted by Crippen LogP contribution is -2.49. The van der Waals surface area contributed by atoms with E-state index >= 15 is 0 Å². The summed E-state index contributed by atoms with van der Waals surface area (Å²) in [7, 11) is -3.52. The number of ether oxygens (including phenoxy) is 2. The highest BCUT2D eigenvalue weighted by molar-refractivity contribution is 7.90. The van der Waals surface area contributed by atoms with E-state index in [-0.39, 0.29) is 41.0 Å². The van der Waals surface area contributed by atoms with Crippen molar-refractivity contribution in [3.05, 3.63) is 42.6 Å². The molecule has 2 aliphatic rings. The number of nitrogens with zero attached hydrogens (tertiary/aromatic N) is 4. The number of benzene rings is 1. The number of halogens is 1. The molecule has 186 valence electrons. The van der Waals surface area contributed by atoms with Crippen molar-refractivity contribution in [2.75, 3.05) is 6.26 Å². The molecule has 0 spiro atoms. The van der Waals surface area contributed by atoms with Crippen molar-refractivity contribution < 1.29 is 27.1 Å². The molecule has 2 aromatic heterocycles. The Morgan fingerprint density at radius 3 is 2.49 bits per heavy atom. The van der Waals surface area contributed by atoms with Crippen LogP contribution in [-0.2, 0) is 14.6 Å². The molecule has 2 unspecified atom stereocenters. The third-order valence-corrected chi connectivity index (χ3v) is 7.68. The predicted molar refractivity (Wildman–Crippen MR) is 126 cm³/mol. The van der Waals surface area contributed by atoms with E-state index in [4.69, 9.17) is 9.47 Å². The van der Waals surface area contributed by atoms with Gasteiger partial charge in [0.15, 0.2) is 15.5 Å². The molecule has 2 bridgehead atoms. The highest BCUT2D eigenvalue weighted by Crippen LogP contribution is 2.38. The molecule has 2 fully saturated rings. The fourth-order valence-electron chi connectivity index (χ4n) is 5.07. The van der Waals surface area contributed by atoms with E-state index in [1.54, 1.807) is 16.8 Å². The summed E-state index contributed by atoms with van der Waals surface area (Å²) < 4.78 is 51.6. The molecule has 0 radical (unpaired) electrons. The third kappa shape index (κ3) is 4.44. The maximum atomic E-state index is 14.8. The fourth-order valence-corrected chi connectivity index (χ4v) is 5.70. The van der Waals surface area contributed by atoms with Gasteiger partial charge in [0.25, 0.3) is 0 Å². The molecule has 2 atom stereocenters. The lowest BCUT2D eigenvalue weighted by molar-refractivity contribution is 0.0212. The van der Waals surface area contributed by atoms with E-state index in [1.165, 1.54) is 18.5 Å². The zero-order valence-corrected chi connectivity index (χ0v) is 20.5. The van der Waals surface area contributed by atoms with Gasteiger partial charge in [-0.25, -0.2) is 27.6 Å². The van der Waals surface area contributed by atoms with Crippen LogP contribution in [0.1, 0.15) is 39.5 Å². The van der Waals surface area contributed by atoms with Gasteiger partial charge in [0.2, 0.25) is 5.88 Å². The molecule has 3 aromatic rings. The SMILES string of the molecule is CC(C)OC(=O)N1C2CCC1CC(Oc1ncnc3c1ccn3-c1ccc(S(C)(=O)=O)cc1F)C2. The summed E-state index contributed by atoms with van der Waals surface area (Å²) in [5.74, 6) is -0.284. The van der Waals surface area contributed by atoms with Gasteiger partial charge >= 0.3 is 6.09 Å². The summed E-state index contributed by atoms with van der Waals surface area (Å²) in [6, 6.07) is 5.66. The van der Waals surface area contributed by atoms with Crippen molar-refractivity contribution >= 4 is 27.0 Å². The van der Waals surface area contributed by atoms with Crippen molar-refractivity contribution in [3.63, 3.8) is 0 Å². The summed E-state index contributed by atoms with van der Waals surface area (Å²) in [5, 5.41) is 0.619. The summed E-state index contributed by atoms with van der Waals surface area (Å²) in [5.41, 5.74) is 0.619. The summed E-state index contributed by atoms with van der Waals surface area (Å²) in [4.78, 5) is 22.9. The first-order valence-corrected chi connectivity index (χ1v) is 13.5. The standard InChI is InChI=1S/C24H27FN4O5S/c1-14(2)33-24(30)29-15-4-5-16(29)11-17(10-15)34-23-19-8-9-28(22(19)26-13-27-23)21-7-6-18(12-20(21)25)35(3,31)32/h6-9,12-17H,4-5,10-11H2,1-3H3. The molecule has 0 saturated carbocycles. The van der Waals surface area contributed by atoms with E-state index < -0.39 is 15.7 Å². The summed E-state index contributed by atoms with van der Waals surface area (Å²) >= 11 is 0. The topological polar surface area (TPSA) is 104 Å². The van der Waals surface area contributed by atoms with Gasteiger partial charge in [0.05, 0.1) is 22.1 Å². The average Bonchev–Trinajstić information content (AvgIpc) is 3.32. The molecule has 0 aliphatic carbocycles. The van der Waals surface area contributed by atoms with Crippen LogP contribution in [0.3, 0.4) is 0 Å². The number of carbonyl (C=O) groups is 1. The Morgan fingerprint density at radius 2 is 1.86 bits per heavy atom. The Morgan fingerprint density at radius 1 is 1.14 bits per heavy atom. The van der Waals surface area contributed by atoms with Crippen molar-refractivity contribution in [1.82, 2.24) is 19.4 Å². The number of fused-ring (bicyclic) bond motifs is 3. The molecule has 0 N–H and O–H groups in total. The molecule has 9 nitrogen and oxygen atoms in total. The molecular formula is C24H27FN4O5S. The second-order valence-electron chi connectivity index (χ2n) is 9.42. The lowest BCUT2D eigenvalue weighted by atomic mass is 10.0. The molecule has 1 amide bonds. The van der Waals surface area contributed by atoms with Gasteiger partial charge < -0.3 is 14.4 Å². The first-order valence-electron chi connectivity index (χ1n) is 11.6. The highest BCUT2D eigenvalue weighted by atomic mass is 32.2. The number of carbonyl (C=O) groups excluding carboxylic acids is 1. The van der Waals surface area contributed by atoms with E-state index in [2.05, 4.69) is 9.97 Å². The quantitative estimate of drug-likeness (QED) is 0.522. The molecule has 2 saturated heterocycles. The van der Waals surface area contributed by atoms with Gasteiger partial charge in [0.1, 0.15) is 18.2 Å². The number of aromatic nitrogens is 3. The predicted octanol–water partition coefficient (Wildman–Crippen LogP) is 3.88. The van der Waals surface area contributed by atoms with Crippen LogP contribution in [0.25, 0.3) is 16.7 Å². The van der Waals surface area contributed by atoms with E-state index in [0.29, 0.717) is 29.8 Å². The van der Waals surface area contributed by atoms with E-state index in [1.807, 2.05) is 18.7 Å². The largest absolute Gasteiger partial charge is 0.474 e. The zero-order valence-electron chi connectivity index (χ0n) is 19.7. The smallest absolute Gasteiger partial charge is 0.410 e. The second kappa shape index (κ2) is 8.78. The van der Waals surface area contributed by atoms with Crippen molar-refractivity contribution in [2.45, 2.75) is 68.7 Å². The summed E-state index contributed by atoms with van der Waals surface area (Å²) in [6.07, 6.45) is 6.68. The second-order valence-corrected chi connectivity index (χ2v) is 11.4. The van der Waals surface area contributed by atoms with Crippen LogP contribution in [0.5, 0.6) is 5.88 Å². The van der Waals surface area contributed by atoms with Crippen molar-refractivity contribution in [2.24, 2.45) is 0 Å². The van der Waals surface area contributed by atoms with Gasteiger partial charge in [0, 0.05) is 37.4 Å². The highest BCUT2D eigenvalue weighted by Gasteiger charge is 2.45. The Bertz CT molecular complexity index is 1380. The van der Waals surface area contributed by atoms with Crippen LogP contribution >= 0.6 is 0 Å².